The lowest BCUT2D eigenvalue weighted by Crippen LogP contribution is -2.43. The molecule has 0 heterocycles. The van der Waals surface area contributed by atoms with Crippen LogP contribution in [0.1, 0.15) is 42.6 Å². The molecule has 0 spiro atoms. The van der Waals surface area contributed by atoms with Crippen LogP contribution < -0.4 is 10.6 Å². The number of carbonyl (C=O) groups excluding carboxylic acids is 3. The number of aryl methyl sites for hydroxylation is 1. The maximum absolute atomic E-state index is 12.1. The molecular weight excluding hydrogens is 296 g/mol. The quantitative estimate of drug-likeness (QED) is 0.775. The number of esters is 1. The molecule has 0 bridgehead atoms. The maximum atomic E-state index is 12.1. The molecule has 124 valence electrons. The minimum Gasteiger partial charge on any atom is -0.451 e. The van der Waals surface area contributed by atoms with Crippen LogP contribution in [0.3, 0.4) is 0 Å². The van der Waals surface area contributed by atoms with Gasteiger partial charge in [0.2, 0.25) is 0 Å². The molecule has 1 fully saturated rings. The molecule has 6 nitrogen and oxygen atoms in total. The third-order valence-corrected chi connectivity index (χ3v) is 3.57. The topological polar surface area (TPSA) is 84.5 Å². The number of nitrogens with one attached hydrogen (secondary N) is 2. The monoisotopic (exact) mass is 318 g/mol. The van der Waals surface area contributed by atoms with E-state index in [4.69, 9.17) is 4.74 Å². The number of amides is 2. The molecule has 1 saturated carbocycles. The minimum absolute atomic E-state index is 0.210. The fraction of sp³-hybridized carbons (Fsp3) is 0.471. The molecule has 23 heavy (non-hydrogen) atoms. The van der Waals surface area contributed by atoms with Gasteiger partial charge in [-0.15, -0.1) is 0 Å². The average molecular weight is 318 g/mol. The fourth-order valence-corrected chi connectivity index (χ4v) is 2.00. The number of hydrogen-bond acceptors (Lipinski definition) is 4. The number of rotatable bonds is 6. The molecule has 6 heteroatoms. The van der Waals surface area contributed by atoms with Crippen molar-refractivity contribution in [1.29, 1.82) is 0 Å². The largest absolute Gasteiger partial charge is 0.451 e. The molecule has 2 N–H and O–H groups in total. The zero-order valence-corrected chi connectivity index (χ0v) is 13.6. The number of hydrogen-bond donors (Lipinski definition) is 2. The summed E-state index contributed by atoms with van der Waals surface area (Å²) in [7, 11) is 0. The Kier molecular flexibility index (Phi) is 5.36. The summed E-state index contributed by atoms with van der Waals surface area (Å²) >= 11 is 0. The van der Waals surface area contributed by atoms with Crippen LogP contribution in [-0.4, -0.2) is 36.0 Å². The lowest BCUT2D eigenvalue weighted by atomic mass is 10.1. The molecule has 2 amide bonds. The van der Waals surface area contributed by atoms with Gasteiger partial charge in [0.25, 0.3) is 11.8 Å². The van der Waals surface area contributed by atoms with Crippen molar-refractivity contribution in [2.24, 2.45) is 0 Å². The van der Waals surface area contributed by atoms with Gasteiger partial charge in [-0.2, -0.15) is 0 Å². The molecular formula is C17H22N2O4. The maximum Gasteiger partial charge on any atom is 0.329 e. The third-order valence-electron chi connectivity index (χ3n) is 3.57. The van der Waals surface area contributed by atoms with Crippen LogP contribution in [0.15, 0.2) is 24.3 Å². The Balaban J connectivity index is 1.84. The van der Waals surface area contributed by atoms with Crippen molar-refractivity contribution in [2.45, 2.75) is 51.8 Å². The first-order valence-electron chi connectivity index (χ1n) is 7.75. The number of ether oxygens (including phenoxy) is 1. The first kappa shape index (κ1) is 17.0. The second-order valence-electron chi connectivity index (χ2n) is 5.93. The Labute approximate surface area is 135 Å². The van der Waals surface area contributed by atoms with Gasteiger partial charge >= 0.3 is 5.97 Å². The summed E-state index contributed by atoms with van der Waals surface area (Å²) in [4.78, 5) is 35.8. The smallest absolute Gasteiger partial charge is 0.329 e. The van der Waals surface area contributed by atoms with E-state index in [-0.39, 0.29) is 17.9 Å². The van der Waals surface area contributed by atoms with E-state index in [9.17, 15) is 14.4 Å². The second-order valence-corrected chi connectivity index (χ2v) is 5.93. The Bertz CT molecular complexity index is 610. The van der Waals surface area contributed by atoms with Gasteiger partial charge in [-0.25, -0.2) is 4.79 Å². The van der Waals surface area contributed by atoms with Gasteiger partial charge in [-0.1, -0.05) is 17.7 Å². The molecule has 0 aromatic heterocycles. The van der Waals surface area contributed by atoms with Crippen LogP contribution in [0.4, 0.5) is 0 Å². The van der Waals surface area contributed by atoms with Crippen LogP contribution >= 0.6 is 0 Å². The van der Waals surface area contributed by atoms with E-state index in [1.165, 1.54) is 13.8 Å². The van der Waals surface area contributed by atoms with Crippen molar-refractivity contribution in [2.75, 3.05) is 0 Å². The van der Waals surface area contributed by atoms with Crippen molar-refractivity contribution in [3.63, 3.8) is 0 Å². The third kappa shape index (κ3) is 5.09. The molecule has 2 rings (SSSR count). The lowest BCUT2D eigenvalue weighted by molar-refractivity contribution is -0.156. The Morgan fingerprint density at radius 1 is 1.22 bits per heavy atom. The van der Waals surface area contributed by atoms with E-state index in [1.54, 1.807) is 18.2 Å². The van der Waals surface area contributed by atoms with E-state index in [0.717, 1.165) is 18.4 Å². The lowest BCUT2D eigenvalue weighted by Gasteiger charge is -2.17. The Morgan fingerprint density at radius 3 is 2.52 bits per heavy atom. The van der Waals surface area contributed by atoms with Crippen molar-refractivity contribution >= 4 is 17.8 Å². The van der Waals surface area contributed by atoms with Crippen molar-refractivity contribution in [3.05, 3.63) is 35.4 Å². The van der Waals surface area contributed by atoms with Gasteiger partial charge in [-0.05, 0) is 45.7 Å². The highest BCUT2D eigenvalue weighted by Gasteiger charge is 2.28. The zero-order valence-electron chi connectivity index (χ0n) is 13.6. The Morgan fingerprint density at radius 2 is 1.91 bits per heavy atom. The highest BCUT2D eigenvalue weighted by molar-refractivity contribution is 5.97. The summed E-state index contributed by atoms with van der Waals surface area (Å²) in [6.07, 6.45) is 1.06. The van der Waals surface area contributed by atoms with Crippen LogP contribution in [0, 0.1) is 6.92 Å². The molecule has 2 atom stereocenters. The first-order valence-corrected chi connectivity index (χ1v) is 7.75. The van der Waals surface area contributed by atoms with Gasteiger partial charge in [0.05, 0.1) is 0 Å². The van der Waals surface area contributed by atoms with E-state index >= 15 is 0 Å². The predicted molar refractivity (Wildman–Crippen MR) is 84.8 cm³/mol. The molecule has 0 aliphatic heterocycles. The van der Waals surface area contributed by atoms with Gasteiger partial charge in [0, 0.05) is 11.6 Å². The molecule has 1 aromatic carbocycles. The first-order chi connectivity index (χ1) is 10.9. The molecule has 1 aromatic rings. The van der Waals surface area contributed by atoms with Crippen molar-refractivity contribution in [1.82, 2.24) is 10.6 Å². The van der Waals surface area contributed by atoms with Crippen LogP contribution in [0.2, 0.25) is 0 Å². The minimum atomic E-state index is -0.874. The second kappa shape index (κ2) is 7.26. The summed E-state index contributed by atoms with van der Waals surface area (Å²) in [6.45, 7) is 4.93. The van der Waals surface area contributed by atoms with E-state index in [2.05, 4.69) is 10.6 Å². The molecule has 1 aliphatic rings. The van der Waals surface area contributed by atoms with Crippen LogP contribution in [-0.2, 0) is 14.3 Å². The fourth-order valence-electron chi connectivity index (χ4n) is 2.00. The zero-order chi connectivity index (χ0) is 17.0. The highest BCUT2D eigenvalue weighted by atomic mass is 16.5. The van der Waals surface area contributed by atoms with Gasteiger partial charge in [0.1, 0.15) is 6.04 Å². The van der Waals surface area contributed by atoms with Gasteiger partial charge in [-0.3, -0.25) is 9.59 Å². The molecule has 0 saturated heterocycles. The highest BCUT2D eigenvalue weighted by Crippen LogP contribution is 2.18. The van der Waals surface area contributed by atoms with Crippen LogP contribution in [0.25, 0.3) is 0 Å². The summed E-state index contributed by atoms with van der Waals surface area (Å²) in [6, 6.07) is 6.44. The molecule has 0 unspecified atom stereocenters. The standard InChI is InChI=1S/C17H22N2O4/c1-10-5-4-6-13(9-10)16(21)18-11(2)17(22)23-12(3)15(20)19-14-7-8-14/h4-6,9,11-12,14H,7-8H2,1-3H3,(H,18,21)(H,19,20)/t11-,12+/m0/s1. The van der Waals surface area contributed by atoms with E-state index < -0.39 is 18.1 Å². The van der Waals surface area contributed by atoms with Crippen LogP contribution in [0.5, 0.6) is 0 Å². The summed E-state index contributed by atoms with van der Waals surface area (Å²) in [5.74, 6) is -1.30. The summed E-state index contributed by atoms with van der Waals surface area (Å²) in [5, 5.41) is 5.34. The number of carbonyl (C=O) groups is 3. The predicted octanol–water partition coefficient (Wildman–Crippen LogP) is 1.32. The van der Waals surface area contributed by atoms with E-state index in [1.807, 2.05) is 13.0 Å². The molecule has 0 radical (unpaired) electrons. The normalized spacial score (nSPS) is 16.1. The van der Waals surface area contributed by atoms with Crippen molar-refractivity contribution < 1.29 is 19.1 Å². The summed E-state index contributed by atoms with van der Waals surface area (Å²) < 4.78 is 5.10. The van der Waals surface area contributed by atoms with E-state index in [0.29, 0.717) is 5.56 Å². The van der Waals surface area contributed by atoms with Gasteiger partial charge < -0.3 is 15.4 Å². The summed E-state index contributed by atoms with van der Waals surface area (Å²) in [5.41, 5.74) is 1.43. The average Bonchev–Trinajstić information content (AvgIpc) is 3.30. The van der Waals surface area contributed by atoms with Gasteiger partial charge in [0.15, 0.2) is 6.10 Å². The number of benzene rings is 1. The SMILES string of the molecule is Cc1cccc(C(=O)N[C@@H](C)C(=O)O[C@H](C)C(=O)NC2CC2)c1. The molecule has 1 aliphatic carbocycles. The van der Waals surface area contributed by atoms with Crippen molar-refractivity contribution in [3.8, 4) is 0 Å². The Hall–Kier alpha value is -2.37.